The number of nitrogens with one attached hydrogen (secondary N) is 1. The molecule has 1 unspecified atom stereocenters. The van der Waals surface area contributed by atoms with Crippen molar-refractivity contribution >= 4 is 11.7 Å². The largest absolute Gasteiger partial charge is 0.416 e. The Morgan fingerprint density at radius 1 is 0.839 bits per heavy atom. The zero-order valence-electron chi connectivity index (χ0n) is 16.8. The summed E-state index contributed by atoms with van der Waals surface area (Å²) >= 11 is 0. The van der Waals surface area contributed by atoms with Crippen LogP contribution in [-0.4, -0.2) is 23.9 Å². The minimum absolute atomic E-state index is 0.0175. The molecule has 0 spiro atoms. The van der Waals surface area contributed by atoms with Crippen molar-refractivity contribution in [3.63, 3.8) is 0 Å². The molecule has 0 aliphatic heterocycles. The molecular weight excluding hydrogens is 424 g/mol. The van der Waals surface area contributed by atoms with Gasteiger partial charge in [-0.3, -0.25) is 9.59 Å². The van der Waals surface area contributed by atoms with E-state index in [1.807, 2.05) is 0 Å². The van der Waals surface area contributed by atoms with Gasteiger partial charge in [0.1, 0.15) is 0 Å². The second kappa shape index (κ2) is 9.53. The van der Waals surface area contributed by atoms with E-state index in [1.165, 1.54) is 24.3 Å². The monoisotopic (exact) mass is 445 g/mol. The molecule has 1 atom stereocenters. The molecule has 31 heavy (non-hydrogen) atoms. The summed E-state index contributed by atoms with van der Waals surface area (Å²) < 4.78 is 76.9. The number of carbonyl (C=O) groups is 2. The van der Waals surface area contributed by atoms with E-state index in [2.05, 4.69) is 5.32 Å². The maximum Gasteiger partial charge on any atom is 0.416 e. The van der Waals surface area contributed by atoms with Crippen molar-refractivity contribution in [2.75, 3.05) is 0 Å². The molecule has 2 rings (SSSR count). The van der Waals surface area contributed by atoms with Crippen LogP contribution in [0.25, 0.3) is 0 Å². The number of benzene rings is 2. The summed E-state index contributed by atoms with van der Waals surface area (Å²) in [5, 5.41) is 2.55. The van der Waals surface area contributed by atoms with Crippen LogP contribution in [0.1, 0.15) is 59.7 Å². The van der Waals surface area contributed by atoms with Gasteiger partial charge in [0.2, 0.25) is 5.91 Å². The third-order valence-corrected chi connectivity index (χ3v) is 4.48. The molecule has 0 bridgehead atoms. The van der Waals surface area contributed by atoms with E-state index in [4.69, 9.17) is 0 Å². The first-order valence-electron chi connectivity index (χ1n) is 9.44. The van der Waals surface area contributed by atoms with Gasteiger partial charge in [-0.1, -0.05) is 36.4 Å². The number of carbonyl (C=O) groups excluding carboxylic acids is 2. The minimum Gasteiger partial charge on any atom is -0.354 e. The standard InChI is InChI=1S/C22H21F6NO2/c1-13(2)29-19(30)11-17(12-21(23,24)25)14-3-5-15(6-4-14)20(31)16-7-9-18(10-8-16)22(26,27)28/h3-10,13,17H,11-12H2,1-2H3,(H,29,30). The summed E-state index contributed by atoms with van der Waals surface area (Å²) in [6.07, 6.45) is -10.6. The number of ketones is 1. The normalized spacial score (nSPS) is 13.2. The molecule has 0 aromatic heterocycles. The van der Waals surface area contributed by atoms with Gasteiger partial charge >= 0.3 is 12.4 Å². The lowest BCUT2D eigenvalue weighted by atomic mass is 9.90. The van der Waals surface area contributed by atoms with E-state index < -0.39 is 41.9 Å². The summed E-state index contributed by atoms with van der Waals surface area (Å²) in [6, 6.07) is 8.71. The van der Waals surface area contributed by atoms with E-state index in [1.54, 1.807) is 13.8 Å². The molecule has 2 aromatic rings. The highest BCUT2D eigenvalue weighted by Crippen LogP contribution is 2.34. The van der Waals surface area contributed by atoms with Gasteiger partial charge in [-0.05, 0) is 31.5 Å². The van der Waals surface area contributed by atoms with Gasteiger partial charge in [-0.15, -0.1) is 0 Å². The molecule has 2 aromatic carbocycles. The lowest BCUT2D eigenvalue weighted by Crippen LogP contribution is -2.32. The molecule has 168 valence electrons. The lowest BCUT2D eigenvalue weighted by Gasteiger charge is -2.20. The van der Waals surface area contributed by atoms with Crippen molar-refractivity contribution in [2.45, 2.75) is 51.0 Å². The number of alkyl halides is 6. The molecule has 1 N–H and O–H groups in total. The van der Waals surface area contributed by atoms with Crippen LogP contribution in [0.4, 0.5) is 26.3 Å². The fourth-order valence-electron chi connectivity index (χ4n) is 3.08. The molecule has 0 saturated heterocycles. The first kappa shape index (κ1) is 24.4. The molecule has 3 nitrogen and oxygen atoms in total. The van der Waals surface area contributed by atoms with Crippen LogP contribution >= 0.6 is 0 Å². The first-order chi connectivity index (χ1) is 14.3. The van der Waals surface area contributed by atoms with Crippen LogP contribution in [0, 0.1) is 0 Å². The summed E-state index contributed by atoms with van der Waals surface area (Å²) in [5.41, 5.74) is -0.529. The average Bonchev–Trinajstić information content (AvgIpc) is 2.65. The van der Waals surface area contributed by atoms with Gasteiger partial charge < -0.3 is 5.32 Å². The van der Waals surface area contributed by atoms with Gasteiger partial charge in [0, 0.05) is 29.5 Å². The third-order valence-electron chi connectivity index (χ3n) is 4.48. The van der Waals surface area contributed by atoms with E-state index in [0.717, 1.165) is 24.3 Å². The Balaban J connectivity index is 2.21. The summed E-state index contributed by atoms with van der Waals surface area (Å²) in [7, 11) is 0. The Hall–Kier alpha value is -2.84. The zero-order valence-corrected chi connectivity index (χ0v) is 16.8. The molecule has 0 saturated carbocycles. The van der Waals surface area contributed by atoms with Gasteiger partial charge in [0.15, 0.2) is 5.78 Å². The smallest absolute Gasteiger partial charge is 0.354 e. The summed E-state index contributed by atoms with van der Waals surface area (Å²) in [5.74, 6) is -2.21. The van der Waals surface area contributed by atoms with Crippen molar-refractivity contribution < 1.29 is 35.9 Å². The number of hydrogen-bond acceptors (Lipinski definition) is 2. The highest BCUT2D eigenvalue weighted by atomic mass is 19.4. The van der Waals surface area contributed by atoms with Crippen LogP contribution in [0.2, 0.25) is 0 Å². The van der Waals surface area contributed by atoms with Gasteiger partial charge in [-0.25, -0.2) is 0 Å². The van der Waals surface area contributed by atoms with Crippen LogP contribution in [0.5, 0.6) is 0 Å². The van der Waals surface area contributed by atoms with E-state index in [0.29, 0.717) is 0 Å². The average molecular weight is 445 g/mol. The van der Waals surface area contributed by atoms with Crippen LogP contribution in [0.15, 0.2) is 48.5 Å². The van der Waals surface area contributed by atoms with Crippen LogP contribution < -0.4 is 5.32 Å². The molecule has 0 fully saturated rings. The zero-order chi connectivity index (χ0) is 23.4. The first-order valence-corrected chi connectivity index (χ1v) is 9.44. The summed E-state index contributed by atoms with van der Waals surface area (Å²) in [6.45, 7) is 3.39. The van der Waals surface area contributed by atoms with Crippen molar-refractivity contribution in [2.24, 2.45) is 0 Å². The molecule has 1 amide bonds. The van der Waals surface area contributed by atoms with E-state index >= 15 is 0 Å². The quantitative estimate of drug-likeness (QED) is 0.427. The second-order valence-electron chi connectivity index (χ2n) is 7.47. The fraction of sp³-hybridized carbons (Fsp3) is 0.364. The van der Waals surface area contributed by atoms with Crippen molar-refractivity contribution in [3.05, 3.63) is 70.8 Å². The predicted octanol–water partition coefficient (Wildman–Crippen LogP) is 5.89. The Bertz CT molecular complexity index is 900. The van der Waals surface area contributed by atoms with Gasteiger partial charge in [0.25, 0.3) is 0 Å². The molecule has 9 heteroatoms. The molecule has 0 aliphatic rings. The highest BCUT2D eigenvalue weighted by molar-refractivity contribution is 6.09. The Labute approximate surface area is 175 Å². The third kappa shape index (κ3) is 7.41. The molecule has 0 heterocycles. The topological polar surface area (TPSA) is 46.2 Å². The highest BCUT2D eigenvalue weighted by Gasteiger charge is 2.34. The van der Waals surface area contributed by atoms with Gasteiger partial charge in [0.05, 0.1) is 12.0 Å². The maximum absolute atomic E-state index is 13.0. The van der Waals surface area contributed by atoms with E-state index in [9.17, 15) is 35.9 Å². The summed E-state index contributed by atoms with van der Waals surface area (Å²) in [4.78, 5) is 24.5. The number of halogens is 6. The van der Waals surface area contributed by atoms with E-state index in [-0.39, 0.29) is 29.2 Å². The predicted molar refractivity (Wildman–Crippen MR) is 103 cm³/mol. The Kier molecular flexibility index (Phi) is 7.51. The van der Waals surface area contributed by atoms with Gasteiger partial charge in [-0.2, -0.15) is 26.3 Å². The Morgan fingerprint density at radius 3 is 1.74 bits per heavy atom. The molecule has 0 aliphatic carbocycles. The SMILES string of the molecule is CC(C)NC(=O)CC(CC(F)(F)F)c1ccc(C(=O)c2ccc(C(F)(F)F)cc2)cc1. The maximum atomic E-state index is 13.0. The Morgan fingerprint density at radius 2 is 1.32 bits per heavy atom. The molecular formula is C22H21F6NO2. The van der Waals surface area contributed by atoms with Crippen LogP contribution in [-0.2, 0) is 11.0 Å². The van der Waals surface area contributed by atoms with Crippen molar-refractivity contribution in [3.8, 4) is 0 Å². The molecule has 0 radical (unpaired) electrons. The minimum atomic E-state index is -4.53. The number of hydrogen-bond donors (Lipinski definition) is 1. The second-order valence-corrected chi connectivity index (χ2v) is 7.47. The fourth-order valence-corrected chi connectivity index (χ4v) is 3.08. The number of amides is 1. The van der Waals surface area contributed by atoms with Crippen molar-refractivity contribution in [1.82, 2.24) is 5.32 Å². The van der Waals surface area contributed by atoms with Crippen LogP contribution in [0.3, 0.4) is 0 Å². The lowest BCUT2D eigenvalue weighted by molar-refractivity contribution is -0.141. The number of rotatable bonds is 7. The van der Waals surface area contributed by atoms with Crippen molar-refractivity contribution in [1.29, 1.82) is 0 Å².